The maximum atomic E-state index is 14.8. The molecule has 7 nitrogen and oxygen atoms in total. The number of ether oxygens (including phenoxy) is 1. The third-order valence-electron chi connectivity index (χ3n) is 5.46. The van der Waals surface area contributed by atoms with Crippen molar-refractivity contribution < 1.29 is 23.8 Å². The number of amides is 1. The maximum Gasteiger partial charge on any atom is 0.295 e. The van der Waals surface area contributed by atoms with Gasteiger partial charge in [0.2, 0.25) is 0 Å². The lowest BCUT2D eigenvalue weighted by atomic mass is 9.95. The largest absolute Gasteiger partial charge is 0.507 e. The van der Waals surface area contributed by atoms with E-state index in [-0.39, 0.29) is 23.4 Å². The summed E-state index contributed by atoms with van der Waals surface area (Å²) in [6, 6.07) is 11.4. The van der Waals surface area contributed by atoms with Gasteiger partial charge in [-0.3, -0.25) is 9.59 Å². The molecule has 1 saturated heterocycles. The van der Waals surface area contributed by atoms with Gasteiger partial charge in [0.15, 0.2) is 0 Å². The molecule has 1 aliphatic heterocycles. The normalized spacial score (nSPS) is 17.7. The minimum absolute atomic E-state index is 0.143. The maximum absolute atomic E-state index is 14.8. The van der Waals surface area contributed by atoms with Gasteiger partial charge in [-0.25, -0.2) is 9.37 Å². The zero-order chi connectivity index (χ0) is 22.7. The van der Waals surface area contributed by atoms with E-state index in [9.17, 15) is 19.1 Å². The molecule has 0 saturated carbocycles. The molecule has 0 spiro atoms. The molecule has 1 amide bonds. The van der Waals surface area contributed by atoms with E-state index >= 15 is 0 Å². The molecular weight excluding hydrogens is 413 g/mol. The number of aliphatic hydroxyl groups is 1. The topological polar surface area (TPSA) is 84.7 Å². The number of hydrogen-bond donors (Lipinski definition) is 1. The van der Waals surface area contributed by atoms with Crippen LogP contribution in [-0.4, -0.2) is 44.9 Å². The molecular formula is C24H22FN3O4. The van der Waals surface area contributed by atoms with Gasteiger partial charge < -0.3 is 19.3 Å². The number of nitrogens with zero attached hydrogens (tertiary/aromatic N) is 3. The van der Waals surface area contributed by atoms with E-state index in [1.807, 2.05) is 4.57 Å². The minimum Gasteiger partial charge on any atom is -0.507 e. The van der Waals surface area contributed by atoms with E-state index in [0.717, 1.165) is 0 Å². The first-order valence-corrected chi connectivity index (χ1v) is 10.1. The van der Waals surface area contributed by atoms with Crippen LogP contribution in [0.3, 0.4) is 0 Å². The van der Waals surface area contributed by atoms with Crippen LogP contribution in [0.5, 0.6) is 5.75 Å². The third-order valence-corrected chi connectivity index (χ3v) is 5.46. The second kappa shape index (κ2) is 9.05. The lowest BCUT2D eigenvalue weighted by Gasteiger charge is -2.25. The van der Waals surface area contributed by atoms with Crippen molar-refractivity contribution in [2.45, 2.75) is 19.0 Å². The van der Waals surface area contributed by atoms with Gasteiger partial charge in [-0.1, -0.05) is 30.3 Å². The van der Waals surface area contributed by atoms with Crippen molar-refractivity contribution in [2.75, 3.05) is 13.7 Å². The Kier molecular flexibility index (Phi) is 6.02. The number of likely N-dealkylation sites (tertiary alicyclic amines) is 1. The van der Waals surface area contributed by atoms with E-state index in [1.165, 1.54) is 30.2 Å². The lowest BCUT2D eigenvalue weighted by Crippen LogP contribution is -2.31. The van der Waals surface area contributed by atoms with Gasteiger partial charge in [0.25, 0.3) is 11.7 Å². The summed E-state index contributed by atoms with van der Waals surface area (Å²) in [5, 5.41) is 11.0. The second-order valence-corrected chi connectivity index (χ2v) is 7.40. The molecule has 4 rings (SSSR count). The van der Waals surface area contributed by atoms with Crippen molar-refractivity contribution in [3.05, 3.63) is 89.8 Å². The average molecular weight is 435 g/mol. The van der Waals surface area contributed by atoms with Crippen LogP contribution in [0.15, 0.2) is 72.8 Å². The van der Waals surface area contributed by atoms with Crippen molar-refractivity contribution in [3.63, 3.8) is 0 Å². The number of benzene rings is 2. The van der Waals surface area contributed by atoms with Crippen LogP contribution in [0.2, 0.25) is 0 Å². The standard InChI is InChI=1S/C24H22FN3O4/c1-32-17-7-4-6-16(14-17)22(29)20-21(18-8-2-3-9-19(18)25)28(24(31)23(20)30)12-5-11-27-13-10-26-15-27/h2-4,6-10,13-15,21,29H,5,11-12H2,1H3/b22-20+/t21-/m1/s1. The van der Waals surface area contributed by atoms with Gasteiger partial charge >= 0.3 is 0 Å². The van der Waals surface area contributed by atoms with E-state index in [1.54, 1.807) is 49.1 Å². The molecule has 0 aliphatic carbocycles. The van der Waals surface area contributed by atoms with Crippen LogP contribution in [0.4, 0.5) is 4.39 Å². The Morgan fingerprint density at radius 3 is 2.69 bits per heavy atom. The molecule has 164 valence electrons. The number of carbonyl (C=O) groups excluding carboxylic acids is 2. The Morgan fingerprint density at radius 2 is 1.97 bits per heavy atom. The fraction of sp³-hybridized carbons (Fsp3) is 0.208. The highest BCUT2D eigenvalue weighted by Gasteiger charge is 2.46. The molecule has 1 aliphatic rings. The first kappa shape index (κ1) is 21.3. The van der Waals surface area contributed by atoms with Crippen molar-refractivity contribution in [1.82, 2.24) is 14.5 Å². The monoisotopic (exact) mass is 435 g/mol. The van der Waals surface area contributed by atoms with Gasteiger partial charge in [0.05, 0.1) is 25.1 Å². The molecule has 2 heterocycles. The minimum atomic E-state index is -1.04. The zero-order valence-corrected chi connectivity index (χ0v) is 17.4. The van der Waals surface area contributed by atoms with Crippen LogP contribution < -0.4 is 4.74 Å². The molecule has 3 aromatic rings. The quantitative estimate of drug-likeness (QED) is 0.349. The first-order chi connectivity index (χ1) is 15.5. The zero-order valence-electron chi connectivity index (χ0n) is 17.4. The van der Waals surface area contributed by atoms with E-state index < -0.39 is 23.5 Å². The molecule has 1 fully saturated rings. The Labute approximate surface area is 184 Å². The summed E-state index contributed by atoms with van der Waals surface area (Å²) in [5.41, 5.74) is 0.317. The number of methoxy groups -OCH3 is 1. The smallest absolute Gasteiger partial charge is 0.295 e. The number of ketones is 1. The summed E-state index contributed by atoms with van der Waals surface area (Å²) in [6.07, 6.45) is 5.63. The Morgan fingerprint density at radius 1 is 1.16 bits per heavy atom. The van der Waals surface area contributed by atoms with Gasteiger partial charge in [0, 0.05) is 36.6 Å². The number of aromatic nitrogens is 2. The van der Waals surface area contributed by atoms with Crippen LogP contribution in [0.1, 0.15) is 23.6 Å². The third kappa shape index (κ3) is 3.99. The van der Waals surface area contributed by atoms with Crippen molar-refractivity contribution in [3.8, 4) is 5.75 Å². The van der Waals surface area contributed by atoms with E-state index in [4.69, 9.17) is 4.74 Å². The van der Waals surface area contributed by atoms with E-state index in [0.29, 0.717) is 24.3 Å². The number of Topliss-reactive ketones (excluding diaryl/α,β-unsaturated/α-hetero) is 1. The summed E-state index contributed by atoms with van der Waals surface area (Å²) >= 11 is 0. The Bertz CT molecular complexity index is 1170. The molecule has 1 atom stereocenters. The Hall–Kier alpha value is -3.94. The number of rotatable bonds is 7. The van der Waals surface area contributed by atoms with Crippen LogP contribution >= 0.6 is 0 Å². The second-order valence-electron chi connectivity index (χ2n) is 7.40. The summed E-state index contributed by atoms with van der Waals surface area (Å²) in [7, 11) is 1.48. The number of aryl methyl sites for hydroxylation is 1. The van der Waals surface area contributed by atoms with Crippen molar-refractivity contribution in [1.29, 1.82) is 0 Å². The van der Waals surface area contributed by atoms with Crippen LogP contribution in [-0.2, 0) is 16.1 Å². The summed E-state index contributed by atoms with van der Waals surface area (Å²) in [5.74, 6) is -2.07. The van der Waals surface area contributed by atoms with Crippen LogP contribution in [0, 0.1) is 5.82 Å². The molecule has 32 heavy (non-hydrogen) atoms. The van der Waals surface area contributed by atoms with E-state index in [2.05, 4.69) is 4.98 Å². The van der Waals surface area contributed by atoms with Crippen molar-refractivity contribution >= 4 is 17.4 Å². The average Bonchev–Trinajstić information content (AvgIpc) is 3.41. The molecule has 2 aromatic carbocycles. The number of aliphatic hydroxyl groups excluding tert-OH is 1. The van der Waals surface area contributed by atoms with Gasteiger partial charge in [-0.2, -0.15) is 0 Å². The molecule has 0 bridgehead atoms. The molecule has 0 radical (unpaired) electrons. The fourth-order valence-electron chi connectivity index (χ4n) is 3.90. The molecule has 1 aromatic heterocycles. The number of imidazole rings is 1. The molecule has 0 unspecified atom stereocenters. The molecule has 1 N–H and O–H groups in total. The van der Waals surface area contributed by atoms with Crippen LogP contribution in [0.25, 0.3) is 5.76 Å². The van der Waals surface area contributed by atoms with Gasteiger partial charge in [-0.05, 0) is 24.6 Å². The first-order valence-electron chi connectivity index (χ1n) is 10.1. The lowest BCUT2D eigenvalue weighted by molar-refractivity contribution is -0.140. The fourth-order valence-corrected chi connectivity index (χ4v) is 3.90. The summed E-state index contributed by atoms with van der Waals surface area (Å²) < 4.78 is 21.8. The number of carbonyl (C=O) groups is 2. The highest BCUT2D eigenvalue weighted by atomic mass is 19.1. The summed E-state index contributed by atoms with van der Waals surface area (Å²) in [6.45, 7) is 0.777. The summed E-state index contributed by atoms with van der Waals surface area (Å²) in [4.78, 5) is 31.2. The highest BCUT2D eigenvalue weighted by molar-refractivity contribution is 6.46. The SMILES string of the molecule is COc1cccc(/C(O)=C2\C(=O)C(=O)N(CCCn3ccnc3)[C@@H]2c2ccccc2F)c1. The van der Waals surface area contributed by atoms with Gasteiger partial charge in [0.1, 0.15) is 17.3 Å². The van der Waals surface area contributed by atoms with Gasteiger partial charge in [-0.15, -0.1) is 0 Å². The number of halogens is 1. The number of hydrogen-bond acceptors (Lipinski definition) is 5. The highest BCUT2D eigenvalue weighted by Crippen LogP contribution is 2.40. The van der Waals surface area contributed by atoms with Crippen molar-refractivity contribution in [2.24, 2.45) is 0 Å². The molecule has 8 heteroatoms. The Balaban J connectivity index is 1.76. The predicted octanol–water partition coefficient (Wildman–Crippen LogP) is 3.54. The predicted molar refractivity (Wildman–Crippen MR) is 115 cm³/mol.